The maximum atomic E-state index is 14.2. The van der Waals surface area contributed by atoms with Crippen LogP contribution in [-0.2, 0) is 4.79 Å². The summed E-state index contributed by atoms with van der Waals surface area (Å²) >= 11 is 0. The zero-order valence-electron chi connectivity index (χ0n) is 21.6. The number of hydrogen-bond acceptors (Lipinski definition) is 5. The van der Waals surface area contributed by atoms with E-state index in [0.29, 0.717) is 24.2 Å². The number of urea groups is 1. The van der Waals surface area contributed by atoms with E-state index in [2.05, 4.69) is 10.6 Å². The lowest BCUT2D eigenvalue weighted by Crippen LogP contribution is -2.48. The molecule has 2 aromatic carbocycles. The van der Waals surface area contributed by atoms with E-state index in [9.17, 15) is 9.59 Å². The Balaban J connectivity index is 1.52. The molecule has 6 rings (SSSR count). The number of amides is 2. The highest BCUT2D eigenvalue weighted by Crippen LogP contribution is 2.49. The van der Waals surface area contributed by atoms with Crippen molar-refractivity contribution in [2.75, 3.05) is 17.3 Å². The normalized spacial score (nSPS) is 21.7. The molecular weight excluding hydrogens is 478 g/mol. The predicted molar refractivity (Wildman–Crippen MR) is 146 cm³/mol. The number of para-hydroxylation sites is 3. The van der Waals surface area contributed by atoms with E-state index in [1.165, 1.54) is 6.42 Å². The van der Waals surface area contributed by atoms with Gasteiger partial charge in [-0.05, 0) is 49.6 Å². The summed E-state index contributed by atoms with van der Waals surface area (Å²) in [7, 11) is 1.62. The number of carbonyl (C=O) groups is 2. The summed E-state index contributed by atoms with van der Waals surface area (Å²) in [6.45, 7) is 0. The molecule has 0 unspecified atom stereocenters. The fourth-order valence-corrected chi connectivity index (χ4v) is 6.22. The van der Waals surface area contributed by atoms with Gasteiger partial charge in [-0.15, -0.1) is 0 Å². The van der Waals surface area contributed by atoms with Crippen LogP contribution in [0.5, 0.6) is 5.75 Å². The number of fused-ring (bicyclic) bond motifs is 1. The number of rotatable bonds is 4. The van der Waals surface area contributed by atoms with Crippen molar-refractivity contribution in [2.24, 2.45) is 0 Å². The number of ketones is 1. The third-order valence-electron chi connectivity index (χ3n) is 8.02. The van der Waals surface area contributed by atoms with E-state index in [-0.39, 0.29) is 23.8 Å². The van der Waals surface area contributed by atoms with Gasteiger partial charge in [0.1, 0.15) is 11.5 Å². The average molecular weight is 512 g/mol. The molecule has 0 bridgehead atoms. The first-order valence-corrected chi connectivity index (χ1v) is 13.5. The summed E-state index contributed by atoms with van der Waals surface area (Å²) in [5, 5.41) is 6.87. The first-order valence-electron chi connectivity index (χ1n) is 13.5. The minimum atomic E-state index is -0.647. The molecule has 1 aliphatic heterocycles. The lowest BCUT2D eigenvalue weighted by Gasteiger charge is -2.36. The first kappa shape index (κ1) is 24.3. The standard InChI is InChI=1S/C31H33N3O4/c1-37-28-15-8-5-12-22(28)30-29-24(18-20(19-26(29)35)27-16-9-17-38-27)33-23-13-6-7-14-25(23)34(30)31(36)32-21-10-3-2-4-11-21/h5-9,12-17,20-21,30,33H,2-4,10-11,18-19H2,1H3,(H,32,36)/t20-,30-/m0/s1. The molecule has 7 nitrogen and oxygen atoms in total. The van der Waals surface area contributed by atoms with E-state index >= 15 is 0 Å². The van der Waals surface area contributed by atoms with E-state index in [0.717, 1.165) is 54.1 Å². The van der Waals surface area contributed by atoms with Crippen LogP contribution in [0.25, 0.3) is 0 Å². The van der Waals surface area contributed by atoms with Gasteiger partial charge in [0.25, 0.3) is 0 Å². The molecule has 1 aromatic heterocycles. The van der Waals surface area contributed by atoms with E-state index < -0.39 is 6.04 Å². The van der Waals surface area contributed by atoms with Gasteiger partial charge >= 0.3 is 6.03 Å². The van der Waals surface area contributed by atoms with Crippen LogP contribution in [0.2, 0.25) is 0 Å². The van der Waals surface area contributed by atoms with Gasteiger partial charge in [-0.2, -0.15) is 0 Å². The maximum absolute atomic E-state index is 14.2. The Bertz CT molecular complexity index is 1360. The summed E-state index contributed by atoms with van der Waals surface area (Å²) in [6.07, 6.45) is 7.93. The van der Waals surface area contributed by atoms with Crippen molar-refractivity contribution < 1.29 is 18.7 Å². The molecule has 2 aliphatic carbocycles. The van der Waals surface area contributed by atoms with Gasteiger partial charge in [-0.1, -0.05) is 49.6 Å². The fraction of sp³-hybridized carbons (Fsp3) is 0.355. The summed E-state index contributed by atoms with van der Waals surface area (Å²) in [5.41, 5.74) is 3.73. The Morgan fingerprint density at radius 3 is 2.58 bits per heavy atom. The molecule has 3 aliphatic rings. The lowest BCUT2D eigenvalue weighted by atomic mass is 9.80. The number of methoxy groups -OCH3 is 1. The molecule has 2 N–H and O–H groups in total. The lowest BCUT2D eigenvalue weighted by molar-refractivity contribution is -0.116. The number of hydrogen-bond donors (Lipinski definition) is 2. The minimum Gasteiger partial charge on any atom is -0.496 e. The third-order valence-corrected chi connectivity index (χ3v) is 8.02. The van der Waals surface area contributed by atoms with E-state index in [1.54, 1.807) is 18.3 Å². The van der Waals surface area contributed by atoms with Crippen LogP contribution in [-0.4, -0.2) is 25.0 Å². The van der Waals surface area contributed by atoms with Crippen molar-refractivity contribution in [1.82, 2.24) is 5.32 Å². The van der Waals surface area contributed by atoms with Gasteiger partial charge in [0.15, 0.2) is 5.78 Å². The summed E-state index contributed by atoms with van der Waals surface area (Å²) in [6, 6.07) is 18.5. The van der Waals surface area contributed by atoms with E-state index in [1.807, 2.05) is 60.7 Å². The molecule has 1 fully saturated rings. The van der Waals surface area contributed by atoms with Crippen molar-refractivity contribution in [1.29, 1.82) is 0 Å². The molecule has 0 saturated heterocycles. The van der Waals surface area contributed by atoms with Crippen molar-refractivity contribution in [3.05, 3.63) is 89.5 Å². The van der Waals surface area contributed by atoms with Crippen molar-refractivity contribution in [3.8, 4) is 5.75 Å². The van der Waals surface area contributed by atoms with Gasteiger partial charge in [-0.25, -0.2) is 4.79 Å². The highest BCUT2D eigenvalue weighted by molar-refractivity contribution is 6.06. The van der Waals surface area contributed by atoms with Crippen LogP contribution >= 0.6 is 0 Å². The summed E-state index contributed by atoms with van der Waals surface area (Å²) < 4.78 is 11.5. The molecule has 2 amide bonds. The van der Waals surface area contributed by atoms with Gasteiger partial charge in [0, 0.05) is 35.2 Å². The predicted octanol–water partition coefficient (Wildman–Crippen LogP) is 6.70. The zero-order chi connectivity index (χ0) is 26.1. The smallest absolute Gasteiger partial charge is 0.323 e. The Labute approximate surface area is 222 Å². The van der Waals surface area contributed by atoms with Crippen molar-refractivity contribution in [2.45, 2.75) is 62.9 Å². The van der Waals surface area contributed by atoms with Gasteiger partial charge in [0.05, 0.1) is 30.8 Å². The molecule has 0 spiro atoms. The Kier molecular flexibility index (Phi) is 6.66. The van der Waals surface area contributed by atoms with Gasteiger partial charge in [-0.3, -0.25) is 9.69 Å². The number of allylic oxidation sites excluding steroid dienone is 1. The molecule has 2 heterocycles. The Hall–Kier alpha value is -4.00. The molecule has 7 heteroatoms. The molecule has 2 atom stereocenters. The fourth-order valence-electron chi connectivity index (χ4n) is 6.22. The van der Waals surface area contributed by atoms with Crippen LogP contribution in [0, 0.1) is 0 Å². The number of carbonyl (C=O) groups excluding carboxylic acids is 2. The maximum Gasteiger partial charge on any atom is 0.323 e. The van der Waals surface area contributed by atoms with Crippen LogP contribution < -0.4 is 20.3 Å². The second kappa shape index (κ2) is 10.4. The number of anilines is 2. The summed E-state index contributed by atoms with van der Waals surface area (Å²) in [4.78, 5) is 30.0. The van der Waals surface area contributed by atoms with Crippen LogP contribution in [0.4, 0.5) is 16.2 Å². The zero-order valence-corrected chi connectivity index (χ0v) is 21.6. The largest absolute Gasteiger partial charge is 0.496 e. The Morgan fingerprint density at radius 1 is 1.00 bits per heavy atom. The quantitative estimate of drug-likeness (QED) is 0.407. The topological polar surface area (TPSA) is 83.8 Å². The average Bonchev–Trinajstić information content (AvgIpc) is 3.44. The van der Waals surface area contributed by atoms with Gasteiger partial charge in [0.2, 0.25) is 0 Å². The van der Waals surface area contributed by atoms with Crippen molar-refractivity contribution in [3.63, 3.8) is 0 Å². The van der Waals surface area contributed by atoms with Crippen LogP contribution in [0.1, 0.15) is 68.2 Å². The minimum absolute atomic E-state index is 0.000622. The van der Waals surface area contributed by atoms with Crippen LogP contribution in [0.15, 0.2) is 82.6 Å². The van der Waals surface area contributed by atoms with Crippen LogP contribution in [0.3, 0.4) is 0 Å². The number of furan rings is 1. The Morgan fingerprint density at radius 2 is 1.79 bits per heavy atom. The first-order chi connectivity index (χ1) is 18.6. The highest BCUT2D eigenvalue weighted by Gasteiger charge is 2.43. The SMILES string of the molecule is COc1ccccc1[C@H]1C2=C(C[C@H](c3ccco3)CC2=O)Nc2ccccc2N1C(=O)NC1CCCCC1. The summed E-state index contributed by atoms with van der Waals surface area (Å²) in [5.74, 6) is 1.36. The molecule has 3 aromatic rings. The molecule has 38 heavy (non-hydrogen) atoms. The number of benzene rings is 2. The third kappa shape index (κ3) is 4.46. The molecule has 196 valence electrons. The van der Waals surface area contributed by atoms with Gasteiger partial charge < -0.3 is 19.8 Å². The van der Waals surface area contributed by atoms with Crippen molar-refractivity contribution >= 4 is 23.2 Å². The number of Topliss-reactive ketones (excluding diaryl/α,β-unsaturated/α-hetero) is 1. The second-order valence-electron chi connectivity index (χ2n) is 10.4. The number of ether oxygens (including phenoxy) is 1. The second-order valence-corrected chi connectivity index (χ2v) is 10.4. The molecular formula is C31H33N3O4. The number of nitrogens with zero attached hydrogens (tertiary/aromatic N) is 1. The number of nitrogens with one attached hydrogen (secondary N) is 2. The van der Waals surface area contributed by atoms with E-state index in [4.69, 9.17) is 9.15 Å². The monoisotopic (exact) mass is 511 g/mol. The molecule has 0 radical (unpaired) electrons. The highest BCUT2D eigenvalue weighted by atomic mass is 16.5. The molecule has 1 saturated carbocycles.